The zero-order valence-corrected chi connectivity index (χ0v) is 33.8. The maximum absolute atomic E-state index is 12.7. The molecule has 0 aromatic rings. The number of aliphatic imine (C=N–C) groups is 1. The number of carboxylic acid groups (broad SMARTS) is 2. The number of carbonyl (C=O) groups is 3. The van der Waals surface area contributed by atoms with Gasteiger partial charge in [0.05, 0.1) is 19.3 Å². The van der Waals surface area contributed by atoms with Crippen LogP contribution in [0.25, 0.3) is 0 Å². The standard InChI is InChI=1S/C30H46N2O28S2/c1-6(18-14(37)13(36)15(38)24(55-18)26(41)42)51-21-11(31-7(2)35)29(54-9(4-33)19(21)59-61(45,46)47)57-23-16(39)17(40)30(58-25(23)27(43)44)56-22-12-28(52-8(3)32-12)53-10(5-34)20(22)60-62(48,49)50/h6,9-25,28-30,33-34,36-40H,4-5H2,1-3H3,(H,31,35)(H,41,42)(H,43,44)(H,45,46,47)(H,48,49,50)/t6?,9?,10?,11-,12-,13+,14?,15-,16+,17?,18-,19-,20-,21?,22?,23-,24?,25?,28-,29-,30+/m0/s1. The van der Waals surface area contributed by atoms with Crippen LogP contribution in [0.1, 0.15) is 20.8 Å². The second-order valence-electron chi connectivity index (χ2n) is 14.5. The van der Waals surface area contributed by atoms with Crippen LogP contribution in [-0.2, 0) is 81.4 Å². The van der Waals surface area contributed by atoms with Gasteiger partial charge in [-0.15, -0.1) is 0 Å². The number of fused-ring (bicyclic) bond motifs is 1. The van der Waals surface area contributed by atoms with E-state index in [9.17, 15) is 86.3 Å². The quantitative estimate of drug-likeness (QED) is 0.0639. The third kappa shape index (κ3) is 11.1. The van der Waals surface area contributed by atoms with E-state index in [4.69, 9.17) is 42.1 Å². The number of rotatable bonds is 16. The van der Waals surface area contributed by atoms with Gasteiger partial charge < -0.3 is 89.2 Å². The van der Waals surface area contributed by atoms with Crippen molar-refractivity contribution in [3.05, 3.63) is 0 Å². The van der Waals surface area contributed by atoms with E-state index in [1.165, 1.54) is 6.92 Å². The number of nitrogens with one attached hydrogen (secondary N) is 1. The monoisotopic (exact) mass is 946 g/mol. The maximum atomic E-state index is 12.7. The molecule has 12 N–H and O–H groups in total. The van der Waals surface area contributed by atoms with Crippen LogP contribution in [0.5, 0.6) is 0 Å². The van der Waals surface area contributed by atoms with Gasteiger partial charge in [0.25, 0.3) is 0 Å². The van der Waals surface area contributed by atoms with Crippen LogP contribution in [0.2, 0.25) is 0 Å². The highest BCUT2D eigenvalue weighted by atomic mass is 32.3. The van der Waals surface area contributed by atoms with E-state index in [-0.39, 0.29) is 5.90 Å². The van der Waals surface area contributed by atoms with Crippen molar-refractivity contribution >= 4 is 44.5 Å². The van der Waals surface area contributed by atoms with Crippen molar-refractivity contribution in [2.75, 3.05) is 13.2 Å². The number of nitrogens with zero attached hydrogens (tertiary/aromatic N) is 1. The molecule has 5 aliphatic heterocycles. The van der Waals surface area contributed by atoms with Gasteiger partial charge in [-0.1, -0.05) is 0 Å². The summed E-state index contributed by atoms with van der Waals surface area (Å²) in [5.74, 6) is -4.79. The Morgan fingerprint density at radius 3 is 1.79 bits per heavy atom. The summed E-state index contributed by atoms with van der Waals surface area (Å²) in [5.41, 5.74) is 0. The summed E-state index contributed by atoms with van der Waals surface area (Å²) >= 11 is 0. The second-order valence-corrected chi connectivity index (χ2v) is 16.6. The van der Waals surface area contributed by atoms with Gasteiger partial charge in [-0.2, -0.15) is 16.8 Å². The van der Waals surface area contributed by atoms with E-state index in [2.05, 4.69) is 14.5 Å². The van der Waals surface area contributed by atoms with Crippen molar-refractivity contribution < 1.29 is 133 Å². The fourth-order valence-corrected chi connectivity index (χ4v) is 8.53. The van der Waals surface area contributed by atoms with Crippen molar-refractivity contribution in [1.82, 2.24) is 5.32 Å². The number of carboxylic acids is 2. The van der Waals surface area contributed by atoms with Crippen LogP contribution in [0.15, 0.2) is 4.99 Å². The fraction of sp³-hybridized carbons (Fsp3) is 0.867. The fourth-order valence-electron chi connectivity index (χ4n) is 7.50. The van der Waals surface area contributed by atoms with Gasteiger partial charge in [0.1, 0.15) is 91.4 Å². The summed E-state index contributed by atoms with van der Waals surface area (Å²) < 4.78 is 121. The Bertz CT molecular complexity index is 1870. The van der Waals surface area contributed by atoms with Gasteiger partial charge in [0, 0.05) is 13.8 Å². The van der Waals surface area contributed by atoms with Gasteiger partial charge in [0.2, 0.25) is 12.2 Å². The van der Waals surface area contributed by atoms with E-state index in [1.807, 2.05) is 0 Å². The normalized spacial score (nSPS) is 43.1. The average molecular weight is 947 g/mol. The van der Waals surface area contributed by atoms with Crippen LogP contribution in [0.3, 0.4) is 0 Å². The number of amides is 1. The molecule has 5 heterocycles. The molecule has 0 bridgehead atoms. The van der Waals surface area contributed by atoms with Crippen LogP contribution < -0.4 is 5.32 Å². The topological polar surface area (TPSA) is 459 Å². The lowest BCUT2D eigenvalue weighted by Crippen LogP contribution is -2.70. The maximum Gasteiger partial charge on any atom is 0.397 e. The first kappa shape index (κ1) is 50.1. The molecule has 9 unspecified atom stereocenters. The summed E-state index contributed by atoms with van der Waals surface area (Å²) in [6.45, 7) is 1.09. The first-order valence-electron chi connectivity index (χ1n) is 18.2. The minimum absolute atomic E-state index is 0.0496. The molecule has 0 aromatic carbocycles. The van der Waals surface area contributed by atoms with Crippen LogP contribution in [0, 0.1) is 0 Å². The molecule has 32 heteroatoms. The summed E-state index contributed by atoms with van der Waals surface area (Å²) in [6.07, 6.45) is -39.3. The number of ether oxygens (including phenoxy) is 8. The molecular formula is C30H46N2O28S2. The van der Waals surface area contributed by atoms with Crippen LogP contribution in [0.4, 0.5) is 0 Å². The highest BCUT2D eigenvalue weighted by Crippen LogP contribution is 2.38. The predicted molar refractivity (Wildman–Crippen MR) is 187 cm³/mol. The molecule has 1 amide bonds. The third-order valence-corrected chi connectivity index (χ3v) is 11.1. The molecule has 62 heavy (non-hydrogen) atoms. The molecule has 0 spiro atoms. The molecule has 4 fully saturated rings. The Kier molecular flexibility index (Phi) is 15.9. The Hall–Kier alpha value is -2.94. The van der Waals surface area contributed by atoms with Crippen molar-refractivity contribution in [1.29, 1.82) is 0 Å². The minimum atomic E-state index is -5.52. The lowest BCUT2D eigenvalue weighted by molar-refractivity contribution is -0.357. The molecular weight excluding hydrogens is 900 g/mol. The summed E-state index contributed by atoms with van der Waals surface area (Å²) in [5, 5.41) is 96.2. The number of hydrogen-bond acceptors (Lipinski definition) is 25. The number of hydrogen-bond donors (Lipinski definition) is 12. The van der Waals surface area contributed by atoms with Crippen molar-refractivity contribution in [2.24, 2.45) is 4.99 Å². The number of aliphatic carboxylic acids is 2. The Balaban J connectivity index is 1.47. The minimum Gasteiger partial charge on any atom is -0.479 e. The molecule has 0 aliphatic carbocycles. The highest BCUT2D eigenvalue weighted by molar-refractivity contribution is 7.81. The first-order chi connectivity index (χ1) is 28.8. The van der Waals surface area contributed by atoms with E-state index in [1.54, 1.807) is 0 Å². The summed E-state index contributed by atoms with van der Waals surface area (Å²) in [7, 11) is -10.9. The number of aliphatic hydroxyl groups excluding tert-OH is 7. The molecule has 0 radical (unpaired) electrons. The molecule has 0 saturated carbocycles. The summed E-state index contributed by atoms with van der Waals surface area (Å²) in [6, 6.07) is -3.37. The number of carbonyl (C=O) groups excluding carboxylic acids is 1. The molecule has 30 nitrogen and oxygen atoms in total. The lowest BCUT2D eigenvalue weighted by Gasteiger charge is -2.49. The lowest BCUT2D eigenvalue weighted by atomic mass is 9.91. The Morgan fingerprint density at radius 1 is 0.710 bits per heavy atom. The Morgan fingerprint density at radius 2 is 1.26 bits per heavy atom. The molecule has 5 rings (SSSR count). The molecule has 4 saturated heterocycles. The van der Waals surface area contributed by atoms with Crippen LogP contribution >= 0.6 is 0 Å². The van der Waals surface area contributed by atoms with Gasteiger partial charge in [-0.05, 0) is 6.92 Å². The summed E-state index contributed by atoms with van der Waals surface area (Å²) in [4.78, 5) is 41.2. The van der Waals surface area contributed by atoms with E-state index in [0.29, 0.717) is 0 Å². The van der Waals surface area contributed by atoms with Crippen molar-refractivity contribution in [3.8, 4) is 0 Å². The molecule has 356 valence electrons. The predicted octanol–water partition coefficient (Wildman–Crippen LogP) is -7.87. The van der Waals surface area contributed by atoms with Gasteiger partial charge in [-0.25, -0.2) is 22.9 Å². The van der Waals surface area contributed by atoms with Crippen molar-refractivity contribution in [2.45, 2.75) is 149 Å². The first-order valence-corrected chi connectivity index (χ1v) is 20.9. The van der Waals surface area contributed by atoms with Gasteiger partial charge in [0.15, 0.2) is 30.7 Å². The Labute approximate surface area is 349 Å². The van der Waals surface area contributed by atoms with Gasteiger partial charge >= 0.3 is 32.7 Å². The van der Waals surface area contributed by atoms with Crippen molar-refractivity contribution in [3.63, 3.8) is 0 Å². The van der Waals surface area contributed by atoms with Gasteiger partial charge in [-0.3, -0.25) is 13.9 Å². The smallest absolute Gasteiger partial charge is 0.397 e. The zero-order valence-electron chi connectivity index (χ0n) is 32.2. The third-order valence-electron chi connectivity index (χ3n) is 10.2. The van der Waals surface area contributed by atoms with E-state index in [0.717, 1.165) is 13.8 Å². The number of aliphatic hydroxyl groups is 7. The second kappa shape index (κ2) is 19.7. The van der Waals surface area contributed by atoms with Crippen LogP contribution in [-0.4, -0.2) is 237 Å². The average Bonchev–Trinajstić information content (AvgIpc) is 3.54. The molecule has 0 aromatic heterocycles. The molecule has 5 aliphatic rings. The van der Waals surface area contributed by atoms with E-state index < -0.39 is 180 Å². The SMILES string of the molecule is CC(=O)N[C@H]1C(OC(C)[C@@H]2OC(C(=O)O)[C@@H](O)[C@H](O)C2O)[C@@H](OS(=O)(=O)O)C(CO)O[C@H]1O[C@@H]1C(C(=O)O)O[C@@H](OC2[C@@H](OS(=O)(=O)O)C(CO)O[C@@H]3OC(C)=N[C@@H]23)C(O)[C@H]1O. The van der Waals surface area contributed by atoms with E-state index >= 15 is 0 Å². The molecule has 21 atom stereocenters. The largest absolute Gasteiger partial charge is 0.479 e. The zero-order chi connectivity index (χ0) is 46.3. The highest BCUT2D eigenvalue weighted by Gasteiger charge is 2.59.